The number of hydrogen-bond acceptors (Lipinski definition) is 9. The van der Waals surface area contributed by atoms with Gasteiger partial charge < -0.3 is 30.5 Å². The molecule has 0 unspecified atom stereocenters. The van der Waals surface area contributed by atoms with Crippen molar-refractivity contribution in [1.29, 1.82) is 0 Å². The molecule has 10 nitrogen and oxygen atoms in total. The minimum absolute atomic E-state index is 0.104. The summed E-state index contributed by atoms with van der Waals surface area (Å²) in [4.78, 5) is 12.0. The van der Waals surface area contributed by atoms with Crippen LogP contribution in [0.5, 0.6) is 6.01 Å². The highest BCUT2D eigenvalue weighted by molar-refractivity contribution is 5.82. The number of anilines is 1. The highest BCUT2D eigenvalue weighted by atomic mass is 16.6. The third-order valence-corrected chi connectivity index (χ3v) is 3.43. The third-order valence-electron chi connectivity index (χ3n) is 3.43. The van der Waals surface area contributed by atoms with Gasteiger partial charge in [0.2, 0.25) is 0 Å². The Bertz CT molecular complexity index is 662. The Morgan fingerprint density at radius 2 is 2.14 bits per heavy atom. The van der Waals surface area contributed by atoms with E-state index >= 15 is 0 Å². The summed E-state index contributed by atoms with van der Waals surface area (Å²) in [5.74, 6) is 0.156. The molecule has 4 atom stereocenters. The number of aliphatic hydroxyl groups excluding tert-OH is 3. The Morgan fingerprint density at radius 3 is 2.76 bits per heavy atom. The van der Waals surface area contributed by atoms with Gasteiger partial charge in [-0.05, 0) is 0 Å². The van der Waals surface area contributed by atoms with Crippen LogP contribution in [-0.4, -0.2) is 66.9 Å². The number of nitrogens with zero attached hydrogens (tertiary/aromatic N) is 4. The van der Waals surface area contributed by atoms with E-state index < -0.39 is 31.1 Å². The van der Waals surface area contributed by atoms with Crippen LogP contribution in [0.15, 0.2) is 6.33 Å². The van der Waals surface area contributed by atoms with Crippen LogP contribution in [0.2, 0.25) is 0 Å². The van der Waals surface area contributed by atoms with Crippen LogP contribution >= 0.6 is 0 Å². The van der Waals surface area contributed by atoms with E-state index in [-0.39, 0.29) is 11.8 Å². The Hall–Kier alpha value is -2.01. The van der Waals surface area contributed by atoms with Gasteiger partial charge in [-0.3, -0.25) is 0 Å². The molecule has 0 saturated carbocycles. The Kier molecular flexibility index (Phi) is 3.37. The Morgan fingerprint density at radius 1 is 1.38 bits per heavy atom. The van der Waals surface area contributed by atoms with E-state index in [1.165, 1.54) is 18.0 Å². The van der Waals surface area contributed by atoms with Crippen molar-refractivity contribution in [2.24, 2.45) is 0 Å². The van der Waals surface area contributed by atoms with Crippen molar-refractivity contribution in [2.45, 2.75) is 24.5 Å². The third kappa shape index (κ3) is 2.00. The van der Waals surface area contributed by atoms with Crippen molar-refractivity contribution < 1.29 is 24.8 Å². The van der Waals surface area contributed by atoms with Gasteiger partial charge in [-0.15, -0.1) is 0 Å². The van der Waals surface area contributed by atoms with Gasteiger partial charge >= 0.3 is 6.01 Å². The van der Waals surface area contributed by atoms with Crippen LogP contribution in [0.3, 0.4) is 0 Å². The van der Waals surface area contributed by atoms with Crippen LogP contribution in [0.25, 0.3) is 11.2 Å². The van der Waals surface area contributed by atoms with E-state index in [1.54, 1.807) is 0 Å². The molecule has 2 aromatic heterocycles. The van der Waals surface area contributed by atoms with Gasteiger partial charge in [0, 0.05) is 0 Å². The summed E-state index contributed by atoms with van der Waals surface area (Å²) in [5, 5.41) is 29.1. The van der Waals surface area contributed by atoms with Gasteiger partial charge in [0.05, 0.1) is 13.7 Å². The second-order valence-corrected chi connectivity index (χ2v) is 4.63. The van der Waals surface area contributed by atoms with Crippen molar-refractivity contribution in [3.63, 3.8) is 0 Å². The van der Waals surface area contributed by atoms with Gasteiger partial charge in [0.25, 0.3) is 0 Å². The molecule has 2 aromatic rings. The number of aromatic nitrogens is 4. The summed E-state index contributed by atoms with van der Waals surface area (Å²) in [6.45, 7) is -0.430. The van der Waals surface area contributed by atoms with Gasteiger partial charge in [-0.25, -0.2) is 14.5 Å². The van der Waals surface area contributed by atoms with E-state index in [4.69, 9.17) is 20.3 Å². The fourth-order valence-corrected chi connectivity index (χ4v) is 2.37. The summed E-state index contributed by atoms with van der Waals surface area (Å²) in [6.07, 6.45) is -3.18. The van der Waals surface area contributed by atoms with E-state index in [0.29, 0.717) is 11.2 Å². The van der Waals surface area contributed by atoms with Crippen molar-refractivity contribution in [3.8, 4) is 6.01 Å². The summed E-state index contributed by atoms with van der Waals surface area (Å²) in [7, 11) is 1.39. The molecular weight excluding hydrogens is 282 g/mol. The molecule has 0 bridgehead atoms. The average Bonchev–Trinajstić information content (AvgIpc) is 2.99. The van der Waals surface area contributed by atoms with E-state index in [1.807, 2.05) is 0 Å². The van der Waals surface area contributed by atoms with E-state index in [2.05, 4.69) is 15.0 Å². The number of ether oxygens (including phenoxy) is 2. The molecular formula is C11H15N5O5. The molecule has 3 rings (SSSR count). The zero-order chi connectivity index (χ0) is 15.1. The van der Waals surface area contributed by atoms with E-state index in [9.17, 15) is 10.2 Å². The smallest absolute Gasteiger partial charge is 0.300 e. The SMILES string of the molecule is COc1nc2c(N)ncnc2n1[C@@H]1O[C@H](CO)[C@H](O)[C@H]1O. The van der Waals surface area contributed by atoms with Crippen LogP contribution in [0.4, 0.5) is 5.82 Å². The molecule has 0 amide bonds. The first kappa shape index (κ1) is 13.9. The Balaban J connectivity index is 2.14. The number of aliphatic hydroxyl groups is 3. The molecule has 10 heteroatoms. The van der Waals surface area contributed by atoms with Crippen LogP contribution in [0.1, 0.15) is 6.23 Å². The summed E-state index contributed by atoms with van der Waals surface area (Å²) < 4.78 is 12.0. The van der Waals surface area contributed by atoms with Crippen molar-refractivity contribution in [3.05, 3.63) is 6.33 Å². The normalized spacial score (nSPS) is 29.1. The first-order valence-electron chi connectivity index (χ1n) is 6.23. The number of nitrogen functional groups attached to an aromatic ring is 1. The lowest BCUT2D eigenvalue weighted by Gasteiger charge is -2.18. The van der Waals surface area contributed by atoms with Crippen LogP contribution < -0.4 is 10.5 Å². The highest BCUT2D eigenvalue weighted by Crippen LogP contribution is 2.35. The predicted molar refractivity (Wildman–Crippen MR) is 69.3 cm³/mol. The standard InChI is InChI=1S/C11H15N5O5/c1-20-11-15-5-8(12)13-3-14-9(5)16(11)10-7(19)6(18)4(2-17)21-10/h3-4,6-7,10,17-19H,2H2,1H3,(H2,12,13,14)/t4-,6+,7-,10-/m1/s1. The largest absolute Gasteiger partial charge is 0.468 e. The number of imidazole rings is 1. The van der Waals surface area contributed by atoms with E-state index in [0.717, 1.165) is 0 Å². The van der Waals surface area contributed by atoms with Gasteiger partial charge in [-0.2, -0.15) is 4.98 Å². The first-order chi connectivity index (χ1) is 10.1. The minimum atomic E-state index is -1.27. The molecule has 1 aliphatic rings. The highest BCUT2D eigenvalue weighted by Gasteiger charge is 2.45. The molecule has 3 heterocycles. The van der Waals surface area contributed by atoms with Crippen molar-refractivity contribution in [2.75, 3.05) is 19.5 Å². The quantitative estimate of drug-likeness (QED) is 0.506. The van der Waals surface area contributed by atoms with Gasteiger partial charge in [0.15, 0.2) is 23.2 Å². The second-order valence-electron chi connectivity index (χ2n) is 4.63. The maximum atomic E-state index is 10.1. The summed E-state index contributed by atoms with van der Waals surface area (Å²) >= 11 is 0. The second kappa shape index (κ2) is 5.07. The minimum Gasteiger partial charge on any atom is -0.468 e. The average molecular weight is 297 g/mol. The monoisotopic (exact) mass is 297 g/mol. The maximum absolute atomic E-state index is 10.1. The predicted octanol–water partition coefficient (Wildman–Crippen LogP) is -1.97. The lowest BCUT2D eigenvalue weighted by atomic mass is 10.1. The molecule has 1 fully saturated rings. The number of nitrogens with two attached hydrogens (primary N) is 1. The summed E-state index contributed by atoms with van der Waals surface area (Å²) in [5.41, 5.74) is 6.33. The topological polar surface area (TPSA) is 149 Å². The molecule has 1 aliphatic heterocycles. The van der Waals surface area contributed by atoms with Crippen LogP contribution in [-0.2, 0) is 4.74 Å². The zero-order valence-corrected chi connectivity index (χ0v) is 11.1. The van der Waals surface area contributed by atoms with Gasteiger partial charge in [-0.1, -0.05) is 0 Å². The summed E-state index contributed by atoms with van der Waals surface area (Å²) in [6, 6.07) is 0.104. The van der Waals surface area contributed by atoms with Crippen LogP contribution in [0, 0.1) is 0 Å². The lowest BCUT2D eigenvalue weighted by Crippen LogP contribution is -2.33. The first-order valence-corrected chi connectivity index (χ1v) is 6.23. The van der Waals surface area contributed by atoms with Gasteiger partial charge in [0.1, 0.15) is 24.6 Å². The molecule has 0 spiro atoms. The molecule has 114 valence electrons. The Labute approximate surface area is 118 Å². The molecule has 0 aliphatic carbocycles. The zero-order valence-electron chi connectivity index (χ0n) is 11.1. The van der Waals surface area contributed by atoms with Crippen molar-refractivity contribution in [1.82, 2.24) is 19.5 Å². The molecule has 5 N–H and O–H groups in total. The number of fused-ring (bicyclic) bond motifs is 1. The lowest BCUT2D eigenvalue weighted by molar-refractivity contribution is -0.0537. The van der Waals surface area contributed by atoms with Crippen molar-refractivity contribution >= 4 is 17.0 Å². The molecule has 0 radical (unpaired) electrons. The number of methoxy groups -OCH3 is 1. The molecule has 21 heavy (non-hydrogen) atoms. The number of hydrogen-bond donors (Lipinski definition) is 4. The fraction of sp³-hybridized carbons (Fsp3) is 0.545. The maximum Gasteiger partial charge on any atom is 0.300 e. The molecule has 1 saturated heterocycles. The molecule has 0 aromatic carbocycles. The fourth-order valence-electron chi connectivity index (χ4n) is 2.37. The number of rotatable bonds is 3.